The highest BCUT2D eigenvalue weighted by Crippen LogP contribution is 2.52. The first-order chi connectivity index (χ1) is 18.8. The first-order valence-corrected chi connectivity index (χ1v) is 13.7. The summed E-state index contributed by atoms with van der Waals surface area (Å²) in [7, 11) is -3.81. The predicted octanol–water partition coefficient (Wildman–Crippen LogP) is 6.48. The minimum Gasteiger partial charge on any atom is -0.321 e. The topological polar surface area (TPSA) is 128 Å². The SMILES string of the molecule is C=CC(=O)Nc1cncc(-c2cnc3c(c2)c(-c2cccc(C#N)c2)cn3C(C)OP(=O)(OCC)OCC)c1. The summed E-state index contributed by atoms with van der Waals surface area (Å²) < 4.78 is 31.3. The van der Waals surface area contributed by atoms with Gasteiger partial charge in [0.05, 0.1) is 36.7 Å². The normalized spacial score (nSPS) is 12.2. The van der Waals surface area contributed by atoms with Crippen molar-refractivity contribution in [2.75, 3.05) is 18.5 Å². The molecular weight excluding hydrogens is 517 g/mol. The van der Waals surface area contributed by atoms with Crippen LogP contribution in [0.5, 0.6) is 0 Å². The number of rotatable bonds is 11. The van der Waals surface area contributed by atoms with E-state index in [1.54, 1.807) is 62.1 Å². The zero-order chi connectivity index (χ0) is 28.0. The first-order valence-electron chi connectivity index (χ1n) is 12.3. The third-order valence-corrected chi connectivity index (χ3v) is 7.46. The van der Waals surface area contributed by atoms with Crippen molar-refractivity contribution in [3.05, 3.63) is 79.4 Å². The summed E-state index contributed by atoms with van der Waals surface area (Å²) in [5, 5.41) is 12.9. The maximum Gasteiger partial charge on any atom is 0.476 e. The molecule has 3 aromatic heterocycles. The summed E-state index contributed by atoms with van der Waals surface area (Å²) >= 11 is 0. The van der Waals surface area contributed by atoms with Crippen molar-refractivity contribution in [1.29, 1.82) is 5.26 Å². The number of phosphoric ester groups is 1. The average Bonchev–Trinajstić information content (AvgIpc) is 3.32. The number of hydrogen-bond acceptors (Lipinski definition) is 8. The summed E-state index contributed by atoms with van der Waals surface area (Å²) in [6, 6.07) is 13.1. The Morgan fingerprint density at radius 3 is 2.59 bits per heavy atom. The van der Waals surface area contributed by atoms with E-state index >= 15 is 0 Å². The number of hydrogen-bond donors (Lipinski definition) is 1. The summed E-state index contributed by atoms with van der Waals surface area (Å²) in [5.41, 5.74) is 4.66. The molecule has 4 aromatic rings. The second kappa shape index (κ2) is 12.2. The number of nitrogens with zero attached hydrogens (tertiary/aromatic N) is 4. The number of benzene rings is 1. The Kier molecular flexibility index (Phi) is 8.69. The lowest BCUT2D eigenvalue weighted by molar-refractivity contribution is -0.111. The number of carbonyl (C=O) groups is 1. The van der Waals surface area contributed by atoms with E-state index in [1.165, 1.54) is 6.08 Å². The van der Waals surface area contributed by atoms with Gasteiger partial charge < -0.3 is 9.88 Å². The zero-order valence-corrected chi connectivity index (χ0v) is 22.7. The molecule has 1 unspecified atom stereocenters. The molecule has 0 saturated carbocycles. The summed E-state index contributed by atoms with van der Waals surface area (Å²) in [5.74, 6) is -0.343. The van der Waals surface area contributed by atoms with E-state index in [0.29, 0.717) is 16.9 Å². The third-order valence-electron chi connectivity index (χ3n) is 5.74. The van der Waals surface area contributed by atoms with Crippen molar-refractivity contribution in [1.82, 2.24) is 14.5 Å². The van der Waals surface area contributed by atoms with Crippen LogP contribution in [0.15, 0.2) is 73.8 Å². The molecule has 1 N–H and O–H groups in total. The van der Waals surface area contributed by atoms with Crippen LogP contribution in [-0.2, 0) is 22.9 Å². The van der Waals surface area contributed by atoms with Gasteiger partial charge in [0.25, 0.3) is 0 Å². The predicted molar refractivity (Wildman–Crippen MR) is 149 cm³/mol. The molecule has 0 saturated heterocycles. The number of nitrogens with one attached hydrogen (secondary N) is 1. The van der Waals surface area contributed by atoms with Gasteiger partial charge in [-0.15, -0.1) is 0 Å². The van der Waals surface area contributed by atoms with Crippen LogP contribution in [0.1, 0.15) is 32.6 Å². The molecule has 0 aliphatic heterocycles. The molecule has 0 fully saturated rings. The molecule has 0 spiro atoms. The van der Waals surface area contributed by atoms with E-state index in [0.717, 1.165) is 27.6 Å². The lowest BCUT2D eigenvalue weighted by atomic mass is 10.0. The smallest absolute Gasteiger partial charge is 0.321 e. The summed E-state index contributed by atoms with van der Waals surface area (Å²) in [6.45, 7) is 8.93. The lowest BCUT2D eigenvalue weighted by Crippen LogP contribution is -2.10. The minimum absolute atomic E-state index is 0.157. The van der Waals surface area contributed by atoms with Gasteiger partial charge in [-0.3, -0.25) is 23.3 Å². The van der Waals surface area contributed by atoms with Crippen LogP contribution < -0.4 is 5.32 Å². The number of amides is 1. The Hall–Kier alpha value is -4.13. The van der Waals surface area contributed by atoms with Gasteiger partial charge in [-0.25, -0.2) is 9.55 Å². The quantitative estimate of drug-likeness (QED) is 0.168. The van der Waals surface area contributed by atoms with Crippen LogP contribution in [0.4, 0.5) is 5.69 Å². The fourth-order valence-corrected chi connectivity index (χ4v) is 5.37. The van der Waals surface area contributed by atoms with Gasteiger partial charge in [0.2, 0.25) is 5.91 Å². The number of anilines is 1. The minimum atomic E-state index is -3.81. The maximum atomic E-state index is 13.1. The largest absolute Gasteiger partial charge is 0.476 e. The second-order valence-corrected chi connectivity index (χ2v) is 10.0. The highest BCUT2D eigenvalue weighted by molar-refractivity contribution is 7.48. The number of phosphoric acid groups is 1. The first kappa shape index (κ1) is 27.9. The molecule has 1 aromatic carbocycles. The van der Waals surface area contributed by atoms with Crippen LogP contribution in [0, 0.1) is 11.3 Å². The molecule has 4 rings (SSSR count). The molecule has 200 valence electrons. The van der Waals surface area contributed by atoms with Gasteiger partial charge >= 0.3 is 7.82 Å². The van der Waals surface area contributed by atoms with Crippen LogP contribution in [0.3, 0.4) is 0 Å². The fraction of sp³-hybridized carbons (Fsp3) is 0.214. The molecule has 0 aliphatic rings. The number of fused-ring (bicyclic) bond motifs is 1. The summed E-state index contributed by atoms with van der Waals surface area (Å²) in [4.78, 5) is 20.7. The Bertz CT molecular complexity index is 1600. The number of nitriles is 1. The third kappa shape index (κ3) is 6.30. The molecule has 10 nitrogen and oxygen atoms in total. The van der Waals surface area contributed by atoms with Gasteiger partial charge in [0.1, 0.15) is 11.9 Å². The fourth-order valence-electron chi connectivity index (χ4n) is 4.06. The molecule has 1 atom stereocenters. The Labute approximate surface area is 226 Å². The molecule has 0 radical (unpaired) electrons. The van der Waals surface area contributed by atoms with Gasteiger partial charge in [-0.05, 0) is 56.7 Å². The van der Waals surface area contributed by atoms with E-state index in [9.17, 15) is 14.6 Å². The van der Waals surface area contributed by atoms with E-state index in [-0.39, 0.29) is 19.1 Å². The lowest BCUT2D eigenvalue weighted by Gasteiger charge is -2.22. The number of aromatic nitrogens is 3. The van der Waals surface area contributed by atoms with Crippen LogP contribution >= 0.6 is 7.82 Å². The van der Waals surface area contributed by atoms with Crippen molar-refractivity contribution in [3.8, 4) is 28.3 Å². The molecule has 1 amide bonds. The summed E-state index contributed by atoms with van der Waals surface area (Å²) in [6.07, 6.45) is 7.16. The van der Waals surface area contributed by atoms with Gasteiger partial charge in [-0.1, -0.05) is 18.7 Å². The maximum absolute atomic E-state index is 13.1. The molecule has 0 bridgehead atoms. The van der Waals surface area contributed by atoms with E-state index in [1.807, 2.05) is 24.4 Å². The molecule has 39 heavy (non-hydrogen) atoms. The second-order valence-electron chi connectivity index (χ2n) is 8.38. The van der Waals surface area contributed by atoms with Crippen LogP contribution in [0.2, 0.25) is 0 Å². The van der Waals surface area contributed by atoms with Crippen LogP contribution in [0.25, 0.3) is 33.3 Å². The van der Waals surface area contributed by atoms with Crippen molar-refractivity contribution in [2.45, 2.75) is 27.0 Å². The standard InChI is InChI=1S/C28H28N5O5P/c1-5-27(34)32-24-12-22(15-30-17-24)23-13-25-26(21-10-8-9-20(11-21)14-29)18-33(28(25)31-16-23)19(4)38-39(35,36-6-2)37-7-3/h5,8-13,15-19H,1,6-7H2,2-4H3,(H,32,34). The molecule has 0 aliphatic carbocycles. The Balaban J connectivity index is 1.84. The zero-order valence-electron chi connectivity index (χ0n) is 21.8. The highest BCUT2D eigenvalue weighted by atomic mass is 31.2. The molecule has 3 heterocycles. The Morgan fingerprint density at radius 1 is 1.15 bits per heavy atom. The van der Waals surface area contributed by atoms with Crippen molar-refractivity contribution in [2.24, 2.45) is 0 Å². The number of carbonyl (C=O) groups excluding carboxylic acids is 1. The molecule has 11 heteroatoms. The van der Waals surface area contributed by atoms with Crippen molar-refractivity contribution in [3.63, 3.8) is 0 Å². The van der Waals surface area contributed by atoms with Crippen molar-refractivity contribution < 1.29 is 22.9 Å². The molecular formula is C28H28N5O5P. The van der Waals surface area contributed by atoms with E-state index < -0.39 is 14.1 Å². The monoisotopic (exact) mass is 545 g/mol. The van der Waals surface area contributed by atoms with E-state index in [4.69, 9.17) is 18.6 Å². The van der Waals surface area contributed by atoms with Crippen molar-refractivity contribution >= 4 is 30.5 Å². The number of pyridine rings is 2. The average molecular weight is 546 g/mol. The highest BCUT2D eigenvalue weighted by Gasteiger charge is 2.30. The van der Waals surface area contributed by atoms with E-state index in [2.05, 4.69) is 22.9 Å². The van der Waals surface area contributed by atoms with Gasteiger partial charge in [-0.2, -0.15) is 5.26 Å². The van der Waals surface area contributed by atoms with Crippen LogP contribution in [-0.4, -0.2) is 33.7 Å². The van der Waals surface area contributed by atoms with Gasteiger partial charge in [0, 0.05) is 40.7 Å². The Morgan fingerprint density at radius 2 is 1.90 bits per heavy atom. The van der Waals surface area contributed by atoms with Gasteiger partial charge in [0.15, 0.2) is 0 Å².